The van der Waals surface area contributed by atoms with E-state index in [-0.39, 0.29) is 12.1 Å². The number of pyridine rings is 1. The van der Waals surface area contributed by atoms with Crippen molar-refractivity contribution in [2.75, 3.05) is 5.32 Å². The minimum atomic E-state index is -0.466. The lowest BCUT2D eigenvalue weighted by molar-refractivity contribution is 0.151. The summed E-state index contributed by atoms with van der Waals surface area (Å²) in [5, 5.41) is 16.7. The molecule has 2 atom stereocenters. The number of urea groups is 1. The number of nitrogens with zero attached hydrogens (tertiary/aromatic N) is 1. The molecule has 1 fully saturated rings. The predicted molar refractivity (Wildman–Crippen MR) is 128 cm³/mol. The monoisotopic (exact) mass is 423 g/mol. The molecule has 2 amide bonds. The first kappa shape index (κ1) is 20.2. The van der Waals surface area contributed by atoms with Crippen LogP contribution in [0.3, 0.4) is 0 Å². The molecule has 0 bridgehead atoms. The Morgan fingerprint density at radius 1 is 0.875 bits per heavy atom. The van der Waals surface area contributed by atoms with Crippen molar-refractivity contribution in [1.82, 2.24) is 10.3 Å². The quantitative estimate of drug-likeness (QED) is 0.400. The number of nitrogens with one attached hydrogen (secondary N) is 2. The lowest BCUT2D eigenvalue weighted by Crippen LogP contribution is -2.42. The van der Waals surface area contributed by atoms with E-state index in [1.807, 2.05) is 54.6 Å². The molecule has 4 aromatic rings. The highest BCUT2D eigenvalue weighted by atomic mass is 16.3. The number of aliphatic hydroxyl groups excluding tert-OH is 1. The maximum Gasteiger partial charge on any atom is 0.319 e. The molecule has 3 aromatic carbocycles. The molecule has 3 N–H and O–H groups in total. The third-order valence-corrected chi connectivity index (χ3v) is 6.00. The molecule has 2 unspecified atom stereocenters. The number of aromatic nitrogens is 1. The Bertz CT molecular complexity index is 1240. The number of hydrogen-bond acceptors (Lipinski definition) is 3. The number of carbonyl (C=O) groups is 1. The van der Waals surface area contributed by atoms with Crippen molar-refractivity contribution >= 4 is 22.6 Å². The molecule has 160 valence electrons. The van der Waals surface area contributed by atoms with E-state index in [0.29, 0.717) is 5.69 Å². The van der Waals surface area contributed by atoms with Crippen LogP contribution in [0, 0.1) is 0 Å². The van der Waals surface area contributed by atoms with Crippen molar-refractivity contribution in [3.8, 4) is 22.4 Å². The van der Waals surface area contributed by atoms with Gasteiger partial charge in [0.05, 0.1) is 23.4 Å². The second-order valence-corrected chi connectivity index (χ2v) is 8.23. The molecule has 1 aromatic heterocycles. The van der Waals surface area contributed by atoms with Crippen molar-refractivity contribution in [2.45, 2.75) is 31.4 Å². The zero-order valence-corrected chi connectivity index (χ0v) is 17.7. The molecular formula is C27H25N3O2. The normalized spacial score (nSPS) is 17.9. The van der Waals surface area contributed by atoms with E-state index in [2.05, 4.69) is 41.0 Å². The van der Waals surface area contributed by atoms with Crippen LogP contribution in [0.4, 0.5) is 10.5 Å². The third kappa shape index (κ3) is 4.20. The van der Waals surface area contributed by atoms with Gasteiger partial charge >= 0.3 is 6.03 Å². The fraction of sp³-hybridized carbons (Fsp3) is 0.185. The molecule has 32 heavy (non-hydrogen) atoms. The standard InChI is InChI=1S/C27H25N3O2/c31-25-13-7-12-24(25)30-27(32)28-21-14-15-23-20(16-21)17-22(18-8-3-1-4-9-18)26(29-23)19-10-5-2-6-11-19/h1-6,8-11,14-17,24-25,31H,7,12-13H2,(H2,28,30,32). The maximum atomic E-state index is 12.4. The van der Waals surface area contributed by atoms with Crippen molar-refractivity contribution < 1.29 is 9.90 Å². The summed E-state index contributed by atoms with van der Waals surface area (Å²) in [6.07, 6.45) is 2.00. The molecule has 0 radical (unpaired) electrons. The van der Waals surface area contributed by atoms with Gasteiger partial charge in [0.25, 0.3) is 0 Å². The maximum absolute atomic E-state index is 12.4. The number of rotatable bonds is 4. The van der Waals surface area contributed by atoms with E-state index in [1.165, 1.54) is 0 Å². The summed E-state index contributed by atoms with van der Waals surface area (Å²) in [5.74, 6) is 0. The topological polar surface area (TPSA) is 74.2 Å². The number of amides is 2. The van der Waals surface area contributed by atoms with Gasteiger partial charge in [0.15, 0.2) is 0 Å². The van der Waals surface area contributed by atoms with Crippen molar-refractivity contribution in [3.63, 3.8) is 0 Å². The van der Waals surface area contributed by atoms with Crippen LogP contribution in [0.25, 0.3) is 33.3 Å². The lowest BCUT2D eigenvalue weighted by Gasteiger charge is -2.17. The summed E-state index contributed by atoms with van der Waals surface area (Å²) in [6.45, 7) is 0. The van der Waals surface area contributed by atoms with Gasteiger partial charge in [0.1, 0.15) is 0 Å². The molecular weight excluding hydrogens is 398 g/mol. The highest BCUT2D eigenvalue weighted by Gasteiger charge is 2.26. The SMILES string of the molecule is O=C(Nc1ccc2nc(-c3ccccc3)c(-c3ccccc3)cc2c1)NC1CCCC1O. The Morgan fingerprint density at radius 2 is 1.59 bits per heavy atom. The molecule has 0 spiro atoms. The summed E-state index contributed by atoms with van der Waals surface area (Å²) < 4.78 is 0. The van der Waals surface area contributed by atoms with Crippen molar-refractivity contribution in [1.29, 1.82) is 0 Å². The smallest absolute Gasteiger partial charge is 0.319 e. The Hall–Kier alpha value is -3.70. The summed E-state index contributed by atoms with van der Waals surface area (Å²) in [7, 11) is 0. The number of hydrogen-bond donors (Lipinski definition) is 3. The highest BCUT2D eigenvalue weighted by Crippen LogP contribution is 2.34. The zero-order valence-electron chi connectivity index (χ0n) is 17.7. The molecule has 0 aliphatic heterocycles. The van der Waals surface area contributed by atoms with Crippen LogP contribution in [0.1, 0.15) is 19.3 Å². The van der Waals surface area contributed by atoms with Gasteiger partial charge in [-0.3, -0.25) is 0 Å². The summed E-state index contributed by atoms with van der Waals surface area (Å²) in [5.41, 5.74) is 5.67. The number of carbonyl (C=O) groups excluding carboxylic acids is 1. The second kappa shape index (κ2) is 8.81. The van der Waals surface area contributed by atoms with Crippen LogP contribution in [0.5, 0.6) is 0 Å². The summed E-state index contributed by atoms with van der Waals surface area (Å²) >= 11 is 0. The predicted octanol–water partition coefficient (Wildman–Crippen LogP) is 5.60. The first-order chi connectivity index (χ1) is 15.7. The highest BCUT2D eigenvalue weighted by molar-refractivity contribution is 5.96. The van der Waals surface area contributed by atoms with E-state index in [0.717, 1.165) is 52.5 Å². The minimum absolute atomic E-state index is 0.185. The van der Waals surface area contributed by atoms with Crippen LogP contribution >= 0.6 is 0 Å². The third-order valence-electron chi connectivity index (χ3n) is 6.00. The van der Waals surface area contributed by atoms with Crippen LogP contribution in [-0.4, -0.2) is 28.3 Å². The first-order valence-electron chi connectivity index (χ1n) is 11.0. The van der Waals surface area contributed by atoms with Crippen molar-refractivity contribution in [2.24, 2.45) is 0 Å². The molecule has 5 rings (SSSR count). The van der Waals surface area contributed by atoms with E-state index in [4.69, 9.17) is 4.98 Å². The van der Waals surface area contributed by atoms with Gasteiger partial charge in [-0.05, 0) is 49.1 Å². The molecule has 1 heterocycles. The fourth-order valence-electron chi connectivity index (χ4n) is 4.35. The van der Waals surface area contributed by atoms with E-state index < -0.39 is 6.10 Å². The molecule has 5 heteroatoms. The minimum Gasteiger partial charge on any atom is -0.391 e. The van der Waals surface area contributed by atoms with Crippen LogP contribution < -0.4 is 10.6 Å². The summed E-state index contributed by atoms with van der Waals surface area (Å²) in [4.78, 5) is 17.4. The molecule has 1 aliphatic carbocycles. The summed E-state index contributed by atoms with van der Waals surface area (Å²) in [6, 6.07) is 27.7. The molecule has 5 nitrogen and oxygen atoms in total. The van der Waals surface area contributed by atoms with Crippen LogP contribution in [0.2, 0.25) is 0 Å². The Labute approximate surface area is 187 Å². The van der Waals surface area contributed by atoms with Crippen LogP contribution in [-0.2, 0) is 0 Å². The van der Waals surface area contributed by atoms with Gasteiger partial charge in [0, 0.05) is 22.2 Å². The Kier molecular flexibility index (Phi) is 5.57. The zero-order chi connectivity index (χ0) is 21.9. The average Bonchev–Trinajstić information content (AvgIpc) is 3.23. The van der Waals surface area contributed by atoms with Gasteiger partial charge in [-0.2, -0.15) is 0 Å². The van der Waals surface area contributed by atoms with Crippen LogP contribution in [0.15, 0.2) is 84.9 Å². The fourth-order valence-corrected chi connectivity index (χ4v) is 4.35. The van der Waals surface area contributed by atoms with Gasteiger partial charge in [-0.25, -0.2) is 9.78 Å². The lowest BCUT2D eigenvalue weighted by atomic mass is 9.97. The number of anilines is 1. The largest absolute Gasteiger partial charge is 0.391 e. The second-order valence-electron chi connectivity index (χ2n) is 8.23. The Balaban J connectivity index is 1.50. The average molecular weight is 424 g/mol. The van der Waals surface area contributed by atoms with Gasteiger partial charge in [-0.15, -0.1) is 0 Å². The van der Waals surface area contributed by atoms with E-state index >= 15 is 0 Å². The Morgan fingerprint density at radius 3 is 2.28 bits per heavy atom. The number of aliphatic hydroxyl groups is 1. The van der Waals surface area contributed by atoms with E-state index in [1.54, 1.807) is 0 Å². The molecule has 1 aliphatic rings. The molecule has 0 saturated heterocycles. The van der Waals surface area contributed by atoms with Gasteiger partial charge in [-0.1, -0.05) is 60.7 Å². The number of fused-ring (bicyclic) bond motifs is 1. The van der Waals surface area contributed by atoms with Gasteiger partial charge in [0.2, 0.25) is 0 Å². The van der Waals surface area contributed by atoms with Crippen molar-refractivity contribution in [3.05, 3.63) is 84.9 Å². The first-order valence-corrected chi connectivity index (χ1v) is 11.0. The number of benzene rings is 3. The van der Waals surface area contributed by atoms with Gasteiger partial charge < -0.3 is 15.7 Å². The van der Waals surface area contributed by atoms with E-state index in [9.17, 15) is 9.90 Å². The molecule has 1 saturated carbocycles.